The van der Waals surface area contributed by atoms with E-state index in [0.717, 1.165) is 27.4 Å². The summed E-state index contributed by atoms with van der Waals surface area (Å²) in [5.41, 5.74) is 6.95. The Morgan fingerprint density at radius 1 is 1.07 bits per heavy atom. The molecule has 0 aliphatic heterocycles. The molecule has 0 aliphatic carbocycles. The molecule has 0 saturated heterocycles. The van der Waals surface area contributed by atoms with E-state index in [-0.39, 0.29) is 11.7 Å². The van der Waals surface area contributed by atoms with Crippen molar-refractivity contribution in [3.05, 3.63) is 76.6 Å². The van der Waals surface area contributed by atoms with Crippen LogP contribution in [0.3, 0.4) is 0 Å². The van der Waals surface area contributed by atoms with Crippen LogP contribution in [-0.2, 0) is 4.79 Å². The molecule has 4 aromatic rings. The fourth-order valence-electron chi connectivity index (χ4n) is 3.05. The molecule has 1 amide bonds. The fourth-order valence-corrected chi connectivity index (χ4v) is 4.01. The van der Waals surface area contributed by atoms with E-state index in [1.54, 1.807) is 16.8 Å². The number of aromatic nitrogens is 3. The highest BCUT2D eigenvalue weighted by Gasteiger charge is 2.12. The van der Waals surface area contributed by atoms with Gasteiger partial charge in [0, 0.05) is 28.7 Å². The van der Waals surface area contributed by atoms with Gasteiger partial charge in [0.1, 0.15) is 5.03 Å². The Kier molecular flexibility index (Phi) is 5.79. The van der Waals surface area contributed by atoms with E-state index in [1.807, 2.05) is 31.3 Å². The lowest BCUT2D eigenvalue weighted by molar-refractivity contribution is -0.113. The van der Waals surface area contributed by atoms with Gasteiger partial charge < -0.3 is 5.32 Å². The highest BCUT2D eigenvalue weighted by Crippen LogP contribution is 2.27. The van der Waals surface area contributed by atoms with E-state index in [4.69, 9.17) is 11.6 Å². The van der Waals surface area contributed by atoms with Crippen molar-refractivity contribution in [2.75, 3.05) is 11.1 Å². The van der Waals surface area contributed by atoms with Crippen molar-refractivity contribution in [2.45, 2.75) is 25.8 Å². The van der Waals surface area contributed by atoms with Crippen LogP contribution in [0.4, 0.5) is 5.69 Å². The summed E-state index contributed by atoms with van der Waals surface area (Å²) in [6.07, 6.45) is 3.52. The molecule has 2 heterocycles. The molecule has 2 aromatic heterocycles. The van der Waals surface area contributed by atoms with Gasteiger partial charge in [-0.25, -0.2) is 9.50 Å². The van der Waals surface area contributed by atoms with E-state index in [9.17, 15) is 4.79 Å². The predicted octanol–water partition coefficient (Wildman–Crippen LogP) is 5.71. The van der Waals surface area contributed by atoms with Crippen LogP contribution in [-0.4, -0.2) is 26.3 Å². The largest absolute Gasteiger partial charge is 0.325 e. The molecule has 5 nitrogen and oxygen atoms in total. The summed E-state index contributed by atoms with van der Waals surface area (Å²) >= 11 is 7.51. The maximum Gasteiger partial charge on any atom is 0.234 e. The van der Waals surface area contributed by atoms with Gasteiger partial charge in [0.2, 0.25) is 5.91 Å². The summed E-state index contributed by atoms with van der Waals surface area (Å²) in [5, 5.41) is 8.94. The maximum absolute atomic E-state index is 12.4. The Balaban J connectivity index is 1.51. The number of halogens is 1. The summed E-state index contributed by atoms with van der Waals surface area (Å²) in [5.74, 6) is 0.125. The number of thioether (sulfide) groups is 1. The van der Waals surface area contributed by atoms with Crippen LogP contribution < -0.4 is 5.32 Å². The molecule has 0 aliphatic rings. The average Bonchev–Trinajstić information content (AvgIpc) is 3.16. The number of carbonyl (C=O) groups excluding carboxylic acids is 1. The molecule has 0 atom stereocenters. The number of hydrogen-bond donors (Lipinski definition) is 1. The number of nitrogens with one attached hydrogen (secondary N) is 1. The molecule has 0 unspecified atom stereocenters. The zero-order chi connectivity index (χ0) is 21.3. The maximum atomic E-state index is 12.4. The lowest BCUT2D eigenvalue weighted by Gasteiger charge is -2.07. The second-order valence-electron chi connectivity index (χ2n) is 7.19. The summed E-state index contributed by atoms with van der Waals surface area (Å²) < 4.78 is 1.80. The molecule has 0 spiro atoms. The third-order valence-electron chi connectivity index (χ3n) is 4.95. The van der Waals surface area contributed by atoms with Crippen LogP contribution >= 0.6 is 23.4 Å². The Morgan fingerprint density at radius 3 is 2.63 bits per heavy atom. The number of carbonyl (C=O) groups is 1. The van der Waals surface area contributed by atoms with Crippen molar-refractivity contribution in [1.29, 1.82) is 0 Å². The van der Waals surface area contributed by atoms with Crippen molar-refractivity contribution in [3.8, 4) is 11.3 Å². The summed E-state index contributed by atoms with van der Waals surface area (Å²) in [6, 6.07) is 13.8. The number of aryl methyl sites for hydroxylation is 3. The Hall–Kier alpha value is -2.83. The smallest absolute Gasteiger partial charge is 0.234 e. The predicted molar refractivity (Wildman–Crippen MR) is 123 cm³/mol. The SMILES string of the molecule is Cc1ccc(-c2cc3c(SCC(=O)Nc4ccc(C)c(Cl)c4)nccn3n2)cc1C. The van der Waals surface area contributed by atoms with Crippen LogP contribution in [0, 0.1) is 20.8 Å². The number of rotatable bonds is 5. The Morgan fingerprint density at radius 2 is 1.87 bits per heavy atom. The number of benzene rings is 2. The Bertz CT molecular complexity index is 1250. The van der Waals surface area contributed by atoms with E-state index < -0.39 is 0 Å². The molecule has 152 valence electrons. The van der Waals surface area contributed by atoms with Crippen molar-refractivity contribution in [1.82, 2.24) is 14.6 Å². The van der Waals surface area contributed by atoms with Gasteiger partial charge in [0.25, 0.3) is 0 Å². The molecule has 2 aromatic carbocycles. The number of nitrogens with zero attached hydrogens (tertiary/aromatic N) is 3. The van der Waals surface area contributed by atoms with Crippen molar-refractivity contribution < 1.29 is 4.79 Å². The van der Waals surface area contributed by atoms with Crippen LogP contribution in [0.1, 0.15) is 16.7 Å². The summed E-state index contributed by atoms with van der Waals surface area (Å²) in [4.78, 5) is 16.8. The van der Waals surface area contributed by atoms with Crippen molar-refractivity contribution in [2.24, 2.45) is 0 Å². The van der Waals surface area contributed by atoms with Gasteiger partial charge in [-0.2, -0.15) is 5.10 Å². The number of fused-ring (bicyclic) bond motifs is 1. The minimum atomic E-state index is -0.113. The van der Waals surface area contributed by atoms with Gasteiger partial charge >= 0.3 is 0 Å². The Labute approximate surface area is 184 Å². The highest BCUT2D eigenvalue weighted by molar-refractivity contribution is 8.00. The summed E-state index contributed by atoms with van der Waals surface area (Å²) in [6.45, 7) is 6.11. The van der Waals surface area contributed by atoms with E-state index in [0.29, 0.717) is 10.7 Å². The number of amides is 1. The van der Waals surface area contributed by atoms with E-state index in [2.05, 4.69) is 47.4 Å². The van der Waals surface area contributed by atoms with Gasteiger partial charge in [-0.1, -0.05) is 41.6 Å². The summed E-state index contributed by atoms with van der Waals surface area (Å²) in [7, 11) is 0. The van der Waals surface area contributed by atoms with Crippen LogP contribution in [0.25, 0.3) is 16.8 Å². The molecule has 0 radical (unpaired) electrons. The lowest BCUT2D eigenvalue weighted by Crippen LogP contribution is -2.14. The second-order valence-corrected chi connectivity index (χ2v) is 8.56. The highest BCUT2D eigenvalue weighted by atomic mass is 35.5. The minimum absolute atomic E-state index is 0.113. The molecule has 7 heteroatoms. The molecule has 0 bridgehead atoms. The van der Waals surface area contributed by atoms with Gasteiger partial charge in [-0.3, -0.25) is 4.79 Å². The first-order valence-electron chi connectivity index (χ1n) is 9.51. The normalized spacial score (nSPS) is 11.1. The van der Waals surface area contributed by atoms with Gasteiger partial charge in [-0.15, -0.1) is 0 Å². The molecule has 0 saturated carbocycles. The van der Waals surface area contributed by atoms with Crippen molar-refractivity contribution >= 4 is 40.5 Å². The molecular weight excluding hydrogens is 416 g/mol. The van der Waals surface area contributed by atoms with Crippen LogP contribution in [0.5, 0.6) is 0 Å². The van der Waals surface area contributed by atoms with E-state index in [1.165, 1.54) is 22.9 Å². The zero-order valence-corrected chi connectivity index (χ0v) is 18.5. The number of hydrogen-bond acceptors (Lipinski definition) is 4. The van der Waals surface area contributed by atoms with Gasteiger partial charge in [-0.05, 0) is 61.7 Å². The monoisotopic (exact) mass is 436 g/mol. The number of anilines is 1. The third-order valence-corrected chi connectivity index (χ3v) is 6.35. The van der Waals surface area contributed by atoms with E-state index >= 15 is 0 Å². The van der Waals surface area contributed by atoms with Crippen molar-refractivity contribution in [3.63, 3.8) is 0 Å². The topological polar surface area (TPSA) is 59.3 Å². The quantitative estimate of drug-likeness (QED) is 0.407. The van der Waals surface area contributed by atoms with Crippen LogP contribution in [0.2, 0.25) is 5.02 Å². The first-order valence-corrected chi connectivity index (χ1v) is 10.9. The molecular formula is C23H21ClN4OS. The van der Waals surface area contributed by atoms with Crippen LogP contribution in [0.15, 0.2) is 59.9 Å². The average molecular weight is 437 g/mol. The zero-order valence-electron chi connectivity index (χ0n) is 16.9. The first kappa shape index (κ1) is 20.4. The lowest BCUT2D eigenvalue weighted by atomic mass is 10.0. The standard InChI is InChI=1S/C23H21ClN4OS/c1-14-4-6-17(10-16(14)3)20-12-21-23(25-8-9-28(21)27-20)30-13-22(29)26-18-7-5-15(2)19(24)11-18/h4-12H,13H2,1-3H3,(H,26,29). The molecule has 30 heavy (non-hydrogen) atoms. The molecule has 1 N–H and O–H groups in total. The van der Waals surface area contributed by atoms with Gasteiger partial charge in [0.15, 0.2) is 0 Å². The van der Waals surface area contributed by atoms with Gasteiger partial charge in [0.05, 0.1) is 17.0 Å². The third kappa shape index (κ3) is 4.35. The molecule has 0 fully saturated rings. The second kappa shape index (κ2) is 8.50. The molecule has 4 rings (SSSR count). The fraction of sp³-hybridized carbons (Fsp3) is 0.174. The minimum Gasteiger partial charge on any atom is -0.325 e. The first-order chi connectivity index (χ1) is 14.4.